The minimum Gasteiger partial charge on any atom is -0.383 e. The Morgan fingerprint density at radius 3 is 2.93 bits per heavy atom. The number of hydrogen-bond donors (Lipinski definition) is 3. The Labute approximate surface area is 161 Å². The molecule has 4 N–H and O–H groups in total. The van der Waals surface area contributed by atoms with E-state index >= 15 is 0 Å². The molecule has 2 amide bonds. The summed E-state index contributed by atoms with van der Waals surface area (Å²) >= 11 is 0. The van der Waals surface area contributed by atoms with E-state index in [4.69, 9.17) is 5.73 Å². The number of amides is 2. The third-order valence-electron chi connectivity index (χ3n) is 5.11. The average Bonchev–Trinajstić information content (AvgIpc) is 3.21. The van der Waals surface area contributed by atoms with Crippen LogP contribution in [-0.4, -0.2) is 43.4 Å². The fourth-order valence-electron chi connectivity index (χ4n) is 3.65. The van der Waals surface area contributed by atoms with E-state index in [0.717, 1.165) is 18.4 Å². The first-order chi connectivity index (χ1) is 13.5. The Balaban J connectivity index is 1.58. The van der Waals surface area contributed by atoms with Crippen LogP contribution >= 0.6 is 0 Å². The molecule has 0 spiro atoms. The number of likely N-dealkylation sites (tertiary alicyclic amines) is 1. The molecule has 0 aromatic carbocycles. The Bertz CT molecular complexity index is 1020. The quantitative estimate of drug-likeness (QED) is 0.583. The number of aromatic amines is 1. The summed E-state index contributed by atoms with van der Waals surface area (Å²) in [6, 6.07) is 3.61. The number of nitrogen functional groups attached to an aromatic ring is 1. The molecule has 0 saturated carbocycles. The van der Waals surface area contributed by atoms with Crippen molar-refractivity contribution in [3.8, 4) is 0 Å². The van der Waals surface area contributed by atoms with Gasteiger partial charge in [-0.25, -0.2) is 4.98 Å². The molecular formula is C19H21N7O2. The van der Waals surface area contributed by atoms with E-state index in [0.29, 0.717) is 34.9 Å². The zero-order valence-corrected chi connectivity index (χ0v) is 15.4. The summed E-state index contributed by atoms with van der Waals surface area (Å²) in [5.41, 5.74) is 7.64. The molecule has 4 rings (SSSR count). The predicted octanol–water partition coefficient (Wildman–Crippen LogP) is 1.87. The first-order valence-electron chi connectivity index (χ1n) is 9.14. The van der Waals surface area contributed by atoms with Gasteiger partial charge in [0.05, 0.1) is 35.0 Å². The van der Waals surface area contributed by atoms with Gasteiger partial charge in [0, 0.05) is 18.9 Å². The van der Waals surface area contributed by atoms with Gasteiger partial charge in [-0.05, 0) is 30.4 Å². The fraction of sp³-hybridized carbons (Fsp3) is 0.316. The van der Waals surface area contributed by atoms with Crippen LogP contribution in [0.25, 0.3) is 10.9 Å². The van der Waals surface area contributed by atoms with Crippen LogP contribution in [-0.2, 0) is 9.59 Å². The maximum atomic E-state index is 13.0. The van der Waals surface area contributed by atoms with Gasteiger partial charge in [-0.1, -0.05) is 13.0 Å². The molecule has 9 heteroatoms. The van der Waals surface area contributed by atoms with Crippen LogP contribution in [0.15, 0.2) is 36.9 Å². The predicted molar refractivity (Wildman–Crippen MR) is 104 cm³/mol. The SMILES string of the molecule is C[C@H]1CC[C@H](c2cccnc2)N(C(=O)C(=O)Nc2cnc(N)c3cn[nH]c23)C1. The fourth-order valence-corrected chi connectivity index (χ4v) is 3.65. The van der Waals surface area contributed by atoms with Crippen molar-refractivity contribution in [2.24, 2.45) is 5.92 Å². The third-order valence-corrected chi connectivity index (χ3v) is 5.11. The lowest BCUT2D eigenvalue weighted by Crippen LogP contribution is -2.46. The second-order valence-corrected chi connectivity index (χ2v) is 7.11. The number of piperidine rings is 1. The number of fused-ring (bicyclic) bond motifs is 1. The number of nitrogens with one attached hydrogen (secondary N) is 2. The summed E-state index contributed by atoms with van der Waals surface area (Å²) in [6.45, 7) is 2.60. The van der Waals surface area contributed by atoms with Crippen molar-refractivity contribution in [2.75, 3.05) is 17.6 Å². The van der Waals surface area contributed by atoms with Gasteiger partial charge < -0.3 is 16.0 Å². The van der Waals surface area contributed by atoms with E-state index in [2.05, 4.69) is 32.4 Å². The topological polar surface area (TPSA) is 130 Å². The van der Waals surface area contributed by atoms with Crippen LogP contribution in [0.2, 0.25) is 0 Å². The van der Waals surface area contributed by atoms with Crippen molar-refractivity contribution < 1.29 is 9.59 Å². The minimum absolute atomic E-state index is 0.167. The number of anilines is 2. The monoisotopic (exact) mass is 379 g/mol. The normalized spacial score (nSPS) is 19.5. The van der Waals surface area contributed by atoms with Gasteiger partial charge in [-0.15, -0.1) is 0 Å². The summed E-state index contributed by atoms with van der Waals surface area (Å²) in [4.78, 5) is 35.6. The second kappa shape index (κ2) is 7.26. The smallest absolute Gasteiger partial charge is 0.314 e. The lowest BCUT2D eigenvalue weighted by atomic mass is 9.90. The highest BCUT2D eigenvalue weighted by atomic mass is 16.2. The highest BCUT2D eigenvalue weighted by Crippen LogP contribution is 2.33. The number of H-pyrrole nitrogens is 1. The number of carbonyl (C=O) groups excluding carboxylic acids is 2. The van der Waals surface area contributed by atoms with Gasteiger partial charge in [0.2, 0.25) is 0 Å². The van der Waals surface area contributed by atoms with Crippen molar-refractivity contribution in [1.29, 1.82) is 0 Å². The van der Waals surface area contributed by atoms with Crippen LogP contribution in [0.4, 0.5) is 11.5 Å². The van der Waals surface area contributed by atoms with E-state index in [9.17, 15) is 9.59 Å². The van der Waals surface area contributed by atoms with Crippen LogP contribution in [0.3, 0.4) is 0 Å². The van der Waals surface area contributed by atoms with Crippen LogP contribution < -0.4 is 11.1 Å². The molecule has 0 unspecified atom stereocenters. The van der Waals surface area contributed by atoms with E-state index in [1.807, 2.05) is 12.1 Å². The van der Waals surface area contributed by atoms with E-state index in [-0.39, 0.29) is 6.04 Å². The Hall–Kier alpha value is -3.49. The maximum Gasteiger partial charge on any atom is 0.314 e. The minimum atomic E-state index is -0.717. The van der Waals surface area contributed by atoms with Crippen LogP contribution in [0, 0.1) is 5.92 Å². The molecule has 2 atom stereocenters. The molecule has 28 heavy (non-hydrogen) atoms. The molecular weight excluding hydrogens is 358 g/mol. The number of nitrogens with zero attached hydrogens (tertiary/aromatic N) is 4. The van der Waals surface area contributed by atoms with Crippen molar-refractivity contribution in [1.82, 2.24) is 25.1 Å². The lowest BCUT2D eigenvalue weighted by molar-refractivity contribution is -0.146. The molecule has 0 bridgehead atoms. The third kappa shape index (κ3) is 3.26. The number of rotatable bonds is 2. The van der Waals surface area contributed by atoms with Gasteiger partial charge >= 0.3 is 11.8 Å². The second-order valence-electron chi connectivity index (χ2n) is 7.11. The highest BCUT2D eigenvalue weighted by molar-refractivity contribution is 6.40. The molecule has 0 radical (unpaired) electrons. The molecule has 0 aliphatic carbocycles. The van der Waals surface area contributed by atoms with E-state index < -0.39 is 11.8 Å². The molecule has 3 aromatic rings. The van der Waals surface area contributed by atoms with Crippen molar-refractivity contribution >= 4 is 34.2 Å². The average molecular weight is 379 g/mol. The van der Waals surface area contributed by atoms with Crippen LogP contribution in [0.1, 0.15) is 31.4 Å². The summed E-state index contributed by atoms with van der Waals surface area (Å²) in [5, 5.41) is 9.94. The van der Waals surface area contributed by atoms with Crippen molar-refractivity contribution in [3.63, 3.8) is 0 Å². The standard InChI is InChI=1S/C19H21N7O2/c1-11-4-5-15(12-3-2-6-21-7-12)26(10-11)19(28)18(27)24-14-9-22-17(20)13-8-23-25-16(13)14/h2-3,6-9,11,15H,4-5,10H2,1H3,(H2,20,22)(H,23,25)(H,24,27)/t11-,15+/m0/s1. The lowest BCUT2D eigenvalue weighted by Gasteiger charge is -2.38. The summed E-state index contributed by atoms with van der Waals surface area (Å²) in [6.07, 6.45) is 8.16. The van der Waals surface area contributed by atoms with Crippen molar-refractivity contribution in [2.45, 2.75) is 25.8 Å². The first-order valence-corrected chi connectivity index (χ1v) is 9.14. The zero-order valence-electron chi connectivity index (χ0n) is 15.4. The summed E-state index contributed by atoms with van der Waals surface area (Å²) in [7, 11) is 0. The maximum absolute atomic E-state index is 13.0. The number of hydrogen-bond acceptors (Lipinski definition) is 6. The molecule has 1 aliphatic rings. The van der Waals surface area contributed by atoms with Gasteiger partial charge in [-0.2, -0.15) is 5.10 Å². The van der Waals surface area contributed by atoms with E-state index in [1.54, 1.807) is 17.3 Å². The van der Waals surface area contributed by atoms with Crippen LogP contribution in [0.5, 0.6) is 0 Å². The number of pyridine rings is 2. The number of aromatic nitrogens is 4. The number of nitrogens with two attached hydrogens (primary N) is 1. The Morgan fingerprint density at radius 2 is 2.14 bits per heavy atom. The van der Waals surface area contributed by atoms with Gasteiger partial charge in [0.15, 0.2) is 0 Å². The molecule has 1 saturated heterocycles. The zero-order chi connectivity index (χ0) is 19.7. The molecule has 1 aliphatic heterocycles. The summed E-state index contributed by atoms with van der Waals surface area (Å²) in [5.74, 6) is -0.674. The van der Waals surface area contributed by atoms with Crippen molar-refractivity contribution in [3.05, 3.63) is 42.5 Å². The van der Waals surface area contributed by atoms with E-state index in [1.165, 1.54) is 12.4 Å². The largest absolute Gasteiger partial charge is 0.383 e. The molecule has 3 aromatic heterocycles. The molecule has 9 nitrogen and oxygen atoms in total. The molecule has 144 valence electrons. The Morgan fingerprint density at radius 1 is 1.29 bits per heavy atom. The molecule has 4 heterocycles. The van der Waals surface area contributed by atoms with Gasteiger partial charge in [0.25, 0.3) is 0 Å². The van der Waals surface area contributed by atoms with Gasteiger partial charge in [0.1, 0.15) is 5.82 Å². The first kappa shape index (κ1) is 17.9. The highest BCUT2D eigenvalue weighted by Gasteiger charge is 2.34. The number of carbonyl (C=O) groups is 2. The van der Waals surface area contributed by atoms with Gasteiger partial charge in [-0.3, -0.25) is 19.7 Å². The summed E-state index contributed by atoms with van der Waals surface area (Å²) < 4.78 is 0. The molecule has 1 fully saturated rings. The Kier molecular flexibility index (Phi) is 4.64.